The molecule has 1 fully saturated rings. The smallest absolute Gasteiger partial charge is 0.328 e. The van der Waals surface area contributed by atoms with Crippen molar-refractivity contribution in [2.45, 2.75) is 38.5 Å². The number of aliphatic hydroxyl groups excluding tert-OH is 1. The number of hydrogen-bond acceptors (Lipinski definition) is 6. The third kappa shape index (κ3) is 4.72. The molecule has 0 amide bonds. The predicted molar refractivity (Wildman–Crippen MR) is 118 cm³/mol. The Hall–Kier alpha value is -2.91. The molecule has 4 rings (SSSR count). The Labute approximate surface area is 180 Å². The van der Waals surface area contributed by atoms with E-state index in [0.29, 0.717) is 24.8 Å². The third-order valence-electron chi connectivity index (χ3n) is 6.17. The molecule has 2 heterocycles. The van der Waals surface area contributed by atoms with Gasteiger partial charge in [0.2, 0.25) is 0 Å². The Balaban J connectivity index is 1.42. The molecule has 31 heavy (non-hydrogen) atoms. The molecule has 9 nitrogen and oxygen atoms in total. The molecule has 1 saturated carbocycles. The Kier molecular flexibility index (Phi) is 6.53. The number of benzene rings is 1. The van der Waals surface area contributed by atoms with Crippen LogP contribution in [0.1, 0.15) is 25.7 Å². The maximum atomic E-state index is 12.9. The summed E-state index contributed by atoms with van der Waals surface area (Å²) >= 11 is 0. The van der Waals surface area contributed by atoms with Crippen LogP contribution in [0.15, 0.2) is 41.5 Å². The van der Waals surface area contributed by atoms with Crippen molar-refractivity contribution >= 4 is 16.7 Å². The number of ether oxygens (including phenoxy) is 1. The van der Waals surface area contributed by atoms with Gasteiger partial charge in [-0.3, -0.25) is 9.13 Å². The van der Waals surface area contributed by atoms with Crippen molar-refractivity contribution in [1.82, 2.24) is 19.3 Å². The number of nitrogens with zero attached hydrogens (tertiary/aromatic N) is 4. The molecule has 0 radical (unpaired) electrons. The first-order chi connectivity index (χ1) is 15.1. The van der Waals surface area contributed by atoms with Gasteiger partial charge in [0, 0.05) is 25.6 Å². The van der Waals surface area contributed by atoms with E-state index in [1.807, 2.05) is 22.8 Å². The highest BCUT2D eigenvalue weighted by Crippen LogP contribution is 2.33. The first-order valence-corrected chi connectivity index (χ1v) is 10.7. The lowest BCUT2D eigenvalue weighted by atomic mass is 9.81. The van der Waals surface area contributed by atoms with Crippen LogP contribution in [0.5, 0.6) is 5.75 Å². The maximum absolute atomic E-state index is 12.9. The molecule has 1 aliphatic carbocycles. The molecule has 4 N–H and O–H groups in total. The summed E-state index contributed by atoms with van der Waals surface area (Å²) in [6, 6.07) is 7.43. The van der Waals surface area contributed by atoms with Crippen molar-refractivity contribution in [1.29, 1.82) is 0 Å². The van der Waals surface area contributed by atoms with Crippen LogP contribution in [0.4, 0.5) is 5.69 Å². The molecule has 1 aliphatic rings. The molecule has 0 bridgehead atoms. The van der Waals surface area contributed by atoms with Gasteiger partial charge in [-0.2, -0.15) is 10.2 Å². The molecule has 1 aromatic carbocycles. The molecule has 9 heteroatoms. The second-order valence-corrected chi connectivity index (χ2v) is 8.20. The first kappa shape index (κ1) is 21.3. The van der Waals surface area contributed by atoms with Crippen LogP contribution < -0.4 is 15.7 Å². The van der Waals surface area contributed by atoms with Gasteiger partial charge < -0.3 is 20.3 Å². The summed E-state index contributed by atoms with van der Waals surface area (Å²) < 4.78 is 9.10. The van der Waals surface area contributed by atoms with Gasteiger partial charge in [0.05, 0.1) is 29.1 Å². The van der Waals surface area contributed by atoms with Crippen molar-refractivity contribution in [3.63, 3.8) is 0 Å². The van der Waals surface area contributed by atoms with Crippen LogP contribution >= 0.6 is 0 Å². The summed E-state index contributed by atoms with van der Waals surface area (Å²) in [5.41, 5.74) is 2.48. The number of aryl methyl sites for hydroxylation is 1. The largest absolute Gasteiger partial charge is 0.486 e. The highest BCUT2D eigenvalue weighted by atomic mass is 16.5. The molecule has 2 aromatic heterocycles. The minimum atomic E-state index is -0.623. The van der Waals surface area contributed by atoms with Crippen LogP contribution in [-0.2, 0) is 13.6 Å². The summed E-state index contributed by atoms with van der Waals surface area (Å²) in [5.74, 6) is 1.23. The lowest BCUT2D eigenvalue weighted by Crippen LogP contribution is -2.33. The fourth-order valence-corrected chi connectivity index (χ4v) is 4.43. The molecular weight excluding hydrogens is 398 g/mol. The van der Waals surface area contributed by atoms with E-state index in [0.717, 1.165) is 42.4 Å². The topological polar surface area (TPSA) is 117 Å². The molecule has 1 unspecified atom stereocenters. The van der Waals surface area contributed by atoms with Crippen LogP contribution in [0.2, 0.25) is 0 Å². The van der Waals surface area contributed by atoms with Gasteiger partial charge in [0.1, 0.15) is 12.0 Å². The summed E-state index contributed by atoms with van der Waals surface area (Å²) in [4.78, 5) is 12.9. The number of fused-ring (bicyclic) bond motifs is 1. The number of aromatic nitrogens is 4. The van der Waals surface area contributed by atoms with Crippen LogP contribution in [0, 0.1) is 11.8 Å². The van der Waals surface area contributed by atoms with E-state index in [2.05, 4.69) is 15.5 Å². The third-order valence-corrected chi connectivity index (χ3v) is 6.17. The van der Waals surface area contributed by atoms with E-state index in [1.54, 1.807) is 30.1 Å². The molecule has 3 aromatic rings. The highest BCUT2D eigenvalue weighted by molar-refractivity contribution is 5.77. The van der Waals surface area contributed by atoms with Gasteiger partial charge in [-0.05, 0) is 49.8 Å². The number of rotatable bonds is 8. The van der Waals surface area contributed by atoms with Gasteiger partial charge in [0.15, 0.2) is 13.2 Å². The number of anilines is 1. The van der Waals surface area contributed by atoms with E-state index < -0.39 is 6.23 Å². The first-order valence-electron chi connectivity index (χ1n) is 10.7. The minimum Gasteiger partial charge on any atom is -0.486 e. The van der Waals surface area contributed by atoms with Gasteiger partial charge in [-0.1, -0.05) is 0 Å². The van der Waals surface area contributed by atoms with Gasteiger partial charge in [-0.15, -0.1) is 0 Å². The van der Waals surface area contributed by atoms with E-state index in [-0.39, 0.29) is 18.2 Å². The summed E-state index contributed by atoms with van der Waals surface area (Å²) in [5, 5.41) is 28.5. The Morgan fingerprint density at radius 2 is 2.03 bits per heavy atom. The van der Waals surface area contributed by atoms with Gasteiger partial charge >= 0.3 is 5.69 Å². The number of hydrogen-bond donors (Lipinski definition) is 2. The maximum Gasteiger partial charge on any atom is 0.328 e. The van der Waals surface area contributed by atoms with Crippen molar-refractivity contribution in [2.75, 3.05) is 18.5 Å². The van der Waals surface area contributed by atoms with Crippen LogP contribution in [0.25, 0.3) is 11.0 Å². The molecule has 0 spiro atoms. The van der Waals surface area contributed by atoms with Crippen molar-refractivity contribution in [3.8, 4) is 5.75 Å². The van der Waals surface area contributed by atoms with Crippen molar-refractivity contribution in [3.05, 3.63) is 47.1 Å². The van der Waals surface area contributed by atoms with E-state index in [9.17, 15) is 9.90 Å². The fourth-order valence-electron chi connectivity index (χ4n) is 4.43. The summed E-state index contributed by atoms with van der Waals surface area (Å²) in [6.45, 7) is 1.18. The quantitative estimate of drug-likeness (QED) is 0.414. The van der Waals surface area contributed by atoms with Crippen molar-refractivity contribution < 1.29 is 14.9 Å². The number of nitrogens with one attached hydrogen (secondary N) is 1. The molecule has 0 aliphatic heterocycles. The Bertz CT molecular complexity index is 1060. The van der Waals surface area contributed by atoms with Gasteiger partial charge in [-0.25, -0.2) is 4.79 Å². The van der Waals surface area contributed by atoms with Crippen LogP contribution in [-0.4, -0.2) is 49.0 Å². The summed E-state index contributed by atoms with van der Waals surface area (Å²) in [7, 11) is 1.79. The zero-order valence-corrected chi connectivity index (χ0v) is 17.7. The number of aliphatic hydroxyl groups is 1. The standard InChI is InChI=1S/C22H29N5O4/c1-26-19-7-6-18(31-11-10-28)12-20(19)27(22(26)30)14-15-2-4-16(5-3-15)21(29)25-17-8-9-23-24-13-17/h6-9,12-13,15-16,21,28-29H,2-5,10-11,14H2,1H3,(H,23,25)/p+1. The Morgan fingerprint density at radius 1 is 1.23 bits per heavy atom. The minimum absolute atomic E-state index is 0.0262. The van der Waals surface area contributed by atoms with Gasteiger partial charge in [0.25, 0.3) is 0 Å². The fraction of sp³-hybridized carbons (Fsp3) is 0.500. The second kappa shape index (κ2) is 9.49. The molecule has 0 saturated heterocycles. The lowest BCUT2D eigenvalue weighted by Gasteiger charge is -2.32. The molecule has 1 atom stereocenters. The Morgan fingerprint density at radius 3 is 2.74 bits per heavy atom. The molecule has 166 valence electrons. The second-order valence-electron chi connectivity index (χ2n) is 8.20. The average Bonchev–Trinajstić information content (AvgIpc) is 3.03. The predicted octanol–water partition coefficient (Wildman–Crippen LogP) is 1.47. The monoisotopic (exact) mass is 428 g/mol. The van der Waals surface area contributed by atoms with E-state index in [4.69, 9.17) is 9.84 Å². The SMILES string of the molecule is Cn1c(=O)n(CC2CCC(C(O)Nc3ccnnc3)CC2)c2cc(OCC[OH2+])ccc21. The number of imidazole rings is 1. The van der Waals surface area contributed by atoms with E-state index in [1.165, 1.54) is 0 Å². The zero-order chi connectivity index (χ0) is 21.8. The zero-order valence-electron chi connectivity index (χ0n) is 17.7. The molecular formula is C22H30N5O4+. The normalized spacial score (nSPS) is 20.0. The highest BCUT2D eigenvalue weighted by Gasteiger charge is 2.27. The van der Waals surface area contributed by atoms with Crippen LogP contribution in [0.3, 0.4) is 0 Å². The average molecular weight is 429 g/mol. The lowest BCUT2D eigenvalue weighted by molar-refractivity contribution is 0.0925. The van der Waals surface area contributed by atoms with Crippen molar-refractivity contribution in [2.24, 2.45) is 18.9 Å². The van der Waals surface area contributed by atoms with E-state index >= 15 is 0 Å². The summed E-state index contributed by atoms with van der Waals surface area (Å²) in [6.07, 6.45) is 6.28.